The van der Waals surface area contributed by atoms with E-state index >= 15 is 0 Å². The molecule has 186 valence electrons. The van der Waals surface area contributed by atoms with Gasteiger partial charge in [-0.1, -0.05) is 42.5 Å². The number of ether oxygens (including phenoxy) is 1. The van der Waals surface area contributed by atoms with Crippen LogP contribution in [0.15, 0.2) is 103 Å². The highest BCUT2D eigenvalue weighted by molar-refractivity contribution is 6.46. The average Bonchev–Trinajstić information content (AvgIpc) is 3.55. The van der Waals surface area contributed by atoms with E-state index in [1.165, 1.54) is 17.3 Å². The number of aliphatic hydroxyl groups excluding tert-OH is 1. The van der Waals surface area contributed by atoms with Crippen molar-refractivity contribution in [2.75, 3.05) is 6.54 Å². The van der Waals surface area contributed by atoms with Gasteiger partial charge in [0.15, 0.2) is 0 Å². The van der Waals surface area contributed by atoms with Gasteiger partial charge in [-0.15, -0.1) is 0 Å². The second-order valence-corrected chi connectivity index (χ2v) is 8.73. The number of aromatic nitrogens is 3. The minimum atomic E-state index is -0.753. The smallest absolute Gasteiger partial charge is 0.295 e. The summed E-state index contributed by atoms with van der Waals surface area (Å²) in [4.78, 5) is 36.0. The lowest BCUT2D eigenvalue weighted by molar-refractivity contribution is -0.139. The second-order valence-electron chi connectivity index (χ2n) is 8.73. The molecule has 3 heterocycles. The molecule has 2 aromatic carbocycles. The molecular formula is C29H26N4O4. The number of hydrogen-bond donors (Lipinski definition) is 1. The van der Waals surface area contributed by atoms with Gasteiger partial charge in [-0.3, -0.25) is 14.6 Å². The normalized spacial score (nSPS) is 16.8. The van der Waals surface area contributed by atoms with Crippen LogP contribution in [0, 0.1) is 0 Å². The summed E-state index contributed by atoms with van der Waals surface area (Å²) >= 11 is 0. The van der Waals surface area contributed by atoms with Crippen LogP contribution >= 0.6 is 0 Å². The van der Waals surface area contributed by atoms with E-state index < -0.39 is 17.7 Å². The van der Waals surface area contributed by atoms with Crippen LogP contribution in [0.4, 0.5) is 0 Å². The molecule has 1 fully saturated rings. The summed E-state index contributed by atoms with van der Waals surface area (Å²) in [5.74, 6) is -0.966. The maximum absolute atomic E-state index is 13.2. The third-order valence-corrected chi connectivity index (χ3v) is 6.29. The molecule has 0 bridgehead atoms. The van der Waals surface area contributed by atoms with Crippen LogP contribution in [-0.4, -0.2) is 42.8 Å². The van der Waals surface area contributed by atoms with Crippen molar-refractivity contribution in [3.8, 4) is 5.75 Å². The topological polar surface area (TPSA) is 97.6 Å². The van der Waals surface area contributed by atoms with Crippen LogP contribution < -0.4 is 4.74 Å². The van der Waals surface area contributed by atoms with E-state index in [9.17, 15) is 14.7 Å². The molecule has 8 heteroatoms. The number of Topliss-reactive ketones (excluding diaryl/α,β-unsaturated/α-hetero) is 1. The van der Waals surface area contributed by atoms with Crippen molar-refractivity contribution < 1.29 is 19.4 Å². The van der Waals surface area contributed by atoms with Gasteiger partial charge >= 0.3 is 0 Å². The first-order valence-electron chi connectivity index (χ1n) is 12.0. The fourth-order valence-electron chi connectivity index (χ4n) is 4.48. The summed E-state index contributed by atoms with van der Waals surface area (Å²) in [7, 11) is 0. The first kappa shape index (κ1) is 24.0. The minimum Gasteiger partial charge on any atom is -0.507 e. The number of benzene rings is 2. The van der Waals surface area contributed by atoms with E-state index in [2.05, 4.69) is 9.97 Å². The Labute approximate surface area is 214 Å². The highest BCUT2D eigenvalue weighted by Crippen LogP contribution is 2.40. The number of amides is 1. The zero-order valence-corrected chi connectivity index (χ0v) is 20.1. The summed E-state index contributed by atoms with van der Waals surface area (Å²) in [6.07, 6.45) is 8.93. The van der Waals surface area contributed by atoms with Crippen LogP contribution in [0.25, 0.3) is 5.76 Å². The Morgan fingerprint density at radius 3 is 2.49 bits per heavy atom. The lowest BCUT2D eigenvalue weighted by atomic mass is 9.95. The number of carbonyl (C=O) groups excluding carboxylic acids is 2. The van der Waals surface area contributed by atoms with E-state index in [-0.39, 0.29) is 11.3 Å². The van der Waals surface area contributed by atoms with Crippen molar-refractivity contribution >= 4 is 17.4 Å². The molecule has 1 aliphatic rings. The first-order chi connectivity index (χ1) is 18.1. The number of likely N-dealkylation sites (tertiary alicyclic amines) is 1. The number of carbonyl (C=O) groups is 2. The summed E-state index contributed by atoms with van der Waals surface area (Å²) in [6, 6.07) is 19.6. The number of hydrogen-bond acceptors (Lipinski definition) is 6. The lowest BCUT2D eigenvalue weighted by Crippen LogP contribution is -2.31. The molecule has 5 rings (SSSR count). The summed E-state index contributed by atoms with van der Waals surface area (Å²) in [6.45, 7) is 1.35. The molecule has 0 aliphatic carbocycles. The molecule has 1 saturated heterocycles. The van der Waals surface area contributed by atoms with Gasteiger partial charge in [0.05, 0.1) is 17.9 Å². The largest absolute Gasteiger partial charge is 0.507 e. The van der Waals surface area contributed by atoms with Crippen molar-refractivity contribution in [3.05, 3.63) is 120 Å². The number of imidazole rings is 1. The minimum absolute atomic E-state index is 0.0547. The molecular weight excluding hydrogens is 468 g/mol. The highest BCUT2D eigenvalue weighted by Gasteiger charge is 2.45. The predicted molar refractivity (Wildman–Crippen MR) is 137 cm³/mol. The van der Waals surface area contributed by atoms with Gasteiger partial charge in [-0.25, -0.2) is 4.98 Å². The van der Waals surface area contributed by atoms with E-state index in [0.717, 1.165) is 5.56 Å². The SMILES string of the molecule is O=C1C(=O)N(CCCn2ccnc2)C(c2cccc(OCc3ccccc3)c2)/C1=C(\O)c1ccncc1. The van der Waals surface area contributed by atoms with E-state index in [0.29, 0.717) is 43.0 Å². The van der Waals surface area contributed by atoms with Crippen LogP contribution in [0.5, 0.6) is 5.75 Å². The number of ketones is 1. The molecule has 1 unspecified atom stereocenters. The predicted octanol–water partition coefficient (Wildman–Crippen LogP) is 4.37. The van der Waals surface area contributed by atoms with E-state index in [4.69, 9.17) is 4.74 Å². The molecule has 0 saturated carbocycles. The van der Waals surface area contributed by atoms with Gasteiger partial charge in [0.25, 0.3) is 11.7 Å². The Balaban J connectivity index is 1.48. The molecule has 1 atom stereocenters. The Morgan fingerprint density at radius 2 is 1.73 bits per heavy atom. The first-order valence-corrected chi connectivity index (χ1v) is 12.0. The van der Waals surface area contributed by atoms with Crippen molar-refractivity contribution in [2.24, 2.45) is 0 Å². The fraction of sp³-hybridized carbons (Fsp3) is 0.172. The van der Waals surface area contributed by atoms with Gasteiger partial charge in [-0.05, 0) is 41.8 Å². The zero-order valence-electron chi connectivity index (χ0n) is 20.1. The second kappa shape index (κ2) is 10.9. The number of nitrogens with zero attached hydrogens (tertiary/aromatic N) is 4. The van der Waals surface area contributed by atoms with Gasteiger partial charge in [-0.2, -0.15) is 0 Å². The van der Waals surface area contributed by atoms with Gasteiger partial charge in [0.1, 0.15) is 18.1 Å². The highest BCUT2D eigenvalue weighted by atomic mass is 16.5. The molecule has 37 heavy (non-hydrogen) atoms. The monoisotopic (exact) mass is 494 g/mol. The van der Waals surface area contributed by atoms with Crippen LogP contribution in [0.1, 0.15) is 29.2 Å². The Kier molecular flexibility index (Phi) is 7.07. The average molecular weight is 495 g/mol. The number of aliphatic hydroxyl groups is 1. The molecule has 1 N–H and O–H groups in total. The molecule has 1 aliphatic heterocycles. The molecule has 0 spiro atoms. The maximum Gasteiger partial charge on any atom is 0.295 e. The van der Waals surface area contributed by atoms with E-state index in [1.54, 1.807) is 24.7 Å². The summed E-state index contributed by atoms with van der Waals surface area (Å²) < 4.78 is 7.92. The summed E-state index contributed by atoms with van der Waals surface area (Å²) in [5, 5.41) is 11.2. The quantitative estimate of drug-likeness (QED) is 0.211. The maximum atomic E-state index is 13.2. The fourth-order valence-corrected chi connectivity index (χ4v) is 4.48. The van der Waals surface area contributed by atoms with Crippen LogP contribution in [0.3, 0.4) is 0 Å². The number of pyridine rings is 1. The Morgan fingerprint density at radius 1 is 0.919 bits per heavy atom. The Hall–Kier alpha value is -4.72. The third kappa shape index (κ3) is 5.28. The number of rotatable bonds is 9. The molecule has 0 radical (unpaired) electrons. The van der Waals surface area contributed by atoms with Gasteiger partial charge in [0.2, 0.25) is 0 Å². The number of aryl methyl sites for hydroxylation is 1. The van der Waals surface area contributed by atoms with Crippen molar-refractivity contribution in [2.45, 2.75) is 25.6 Å². The summed E-state index contributed by atoms with van der Waals surface area (Å²) in [5.41, 5.74) is 2.19. The van der Waals surface area contributed by atoms with Crippen LogP contribution in [-0.2, 0) is 22.7 Å². The molecule has 8 nitrogen and oxygen atoms in total. The molecule has 4 aromatic rings. The zero-order chi connectivity index (χ0) is 25.6. The van der Waals surface area contributed by atoms with Crippen molar-refractivity contribution in [3.63, 3.8) is 0 Å². The van der Waals surface area contributed by atoms with Gasteiger partial charge in [0, 0.05) is 43.4 Å². The van der Waals surface area contributed by atoms with Gasteiger partial charge < -0.3 is 19.3 Å². The lowest BCUT2D eigenvalue weighted by Gasteiger charge is -2.25. The van der Waals surface area contributed by atoms with Crippen LogP contribution in [0.2, 0.25) is 0 Å². The standard InChI is InChI=1S/C29H26N4O4/c34-27(22-10-12-30-13-11-22)25-26(33(29(36)28(25)35)16-5-15-32-17-14-31-20-32)23-8-4-9-24(18-23)37-19-21-6-2-1-3-7-21/h1-4,6-14,17-18,20,26,34H,5,15-16,19H2/b27-25+. The Bertz CT molecular complexity index is 1400. The molecule has 2 aromatic heterocycles. The molecule has 1 amide bonds. The third-order valence-electron chi connectivity index (χ3n) is 6.29. The van der Waals surface area contributed by atoms with Crippen molar-refractivity contribution in [1.82, 2.24) is 19.4 Å². The van der Waals surface area contributed by atoms with E-state index in [1.807, 2.05) is 65.4 Å². The van der Waals surface area contributed by atoms with Crippen molar-refractivity contribution in [1.29, 1.82) is 0 Å².